The molecule has 2 heterocycles. The number of benzene rings is 3. The fraction of sp³-hybridized carbons (Fsp3) is 0.103. The molecule has 4 aromatic rings. The first-order valence-electron chi connectivity index (χ1n) is 11.9. The van der Waals surface area contributed by atoms with Gasteiger partial charge < -0.3 is 19.7 Å². The lowest BCUT2D eigenvalue weighted by Gasteiger charge is -2.29. The zero-order chi connectivity index (χ0) is 27.4. The minimum absolute atomic E-state index is 0.0634. The molecule has 9 nitrogen and oxygen atoms in total. The van der Waals surface area contributed by atoms with E-state index in [0.717, 1.165) is 11.6 Å². The van der Waals surface area contributed by atoms with E-state index in [0.29, 0.717) is 35.0 Å². The second kappa shape index (κ2) is 10.9. The number of pyridine rings is 1. The first-order valence-corrected chi connectivity index (χ1v) is 11.9. The summed E-state index contributed by atoms with van der Waals surface area (Å²) in [7, 11) is 1.59. The molecule has 3 amide bonds. The average Bonchev–Trinajstić information content (AvgIpc) is 2.95. The minimum Gasteiger partial charge on any atom is -0.497 e. The summed E-state index contributed by atoms with van der Waals surface area (Å²) in [5.41, 5.74) is 2.35. The number of fused-ring (bicyclic) bond motifs is 1. The Morgan fingerprint density at radius 2 is 1.95 bits per heavy atom. The predicted molar refractivity (Wildman–Crippen MR) is 141 cm³/mol. The first-order chi connectivity index (χ1) is 18.9. The Bertz CT molecular complexity index is 1600. The van der Waals surface area contributed by atoms with E-state index in [2.05, 4.69) is 15.6 Å². The third-order valence-corrected chi connectivity index (χ3v) is 6.07. The van der Waals surface area contributed by atoms with Crippen LogP contribution in [-0.4, -0.2) is 28.9 Å². The number of hydrogen-bond donors (Lipinski definition) is 2. The van der Waals surface area contributed by atoms with Crippen molar-refractivity contribution in [1.82, 2.24) is 9.88 Å². The van der Waals surface area contributed by atoms with E-state index in [4.69, 9.17) is 14.7 Å². The van der Waals surface area contributed by atoms with Crippen LogP contribution >= 0.6 is 0 Å². The number of rotatable bonds is 7. The molecule has 0 atom stereocenters. The molecule has 1 aliphatic rings. The monoisotopic (exact) mass is 523 g/mol. The van der Waals surface area contributed by atoms with Gasteiger partial charge in [0.25, 0.3) is 5.91 Å². The van der Waals surface area contributed by atoms with Crippen molar-refractivity contribution in [2.45, 2.75) is 13.1 Å². The summed E-state index contributed by atoms with van der Waals surface area (Å²) in [6.45, 7) is 0.539. The van der Waals surface area contributed by atoms with Gasteiger partial charge >= 0.3 is 6.03 Å². The van der Waals surface area contributed by atoms with E-state index in [-0.39, 0.29) is 29.6 Å². The molecule has 1 aliphatic heterocycles. The number of nitrogens with zero attached hydrogens (tertiary/aromatic N) is 3. The Balaban J connectivity index is 1.31. The molecule has 194 valence electrons. The molecule has 0 radical (unpaired) electrons. The molecule has 1 aromatic heterocycles. The van der Waals surface area contributed by atoms with Gasteiger partial charge in [-0.05, 0) is 54.1 Å². The van der Waals surface area contributed by atoms with Gasteiger partial charge in [-0.15, -0.1) is 0 Å². The van der Waals surface area contributed by atoms with Crippen LogP contribution in [0.25, 0.3) is 0 Å². The highest BCUT2D eigenvalue weighted by Crippen LogP contribution is 2.35. The normalized spacial score (nSPS) is 12.1. The van der Waals surface area contributed by atoms with Crippen molar-refractivity contribution >= 4 is 23.4 Å². The maximum atomic E-state index is 15.0. The van der Waals surface area contributed by atoms with Crippen LogP contribution in [0, 0.1) is 17.1 Å². The third-order valence-electron chi connectivity index (χ3n) is 6.07. The fourth-order valence-electron chi connectivity index (χ4n) is 4.07. The van der Waals surface area contributed by atoms with Crippen LogP contribution in [0.4, 0.5) is 20.7 Å². The number of ether oxygens (including phenoxy) is 2. The first kappa shape index (κ1) is 25.2. The average molecular weight is 524 g/mol. The number of nitriles is 1. The van der Waals surface area contributed by atoms with E-state index in [1.54, 1.807) is 36.3 Å². The van der Waals surface area contributed by atoms with Crippen LogP contribution in [0.1, 0.15) is 27.0 Å². The van der Waals surface area contributed by atoms with Crippen molar-refractivity contribution in [2.75, 3.05) is 17.7 Å². The van der Waals surface area contributed by atoms with Gasteiger partial charge in [0.15, 0.2) is 11.6 Å². The molecule has 2 N–H and O–H groups in total. The Morgan fingerprint density at radius 3 is 2.69 bits per heavy atom. The Morgan fingerprint density at radius 1 is 1.13 bits per heavy atom. The number of hydrogen-bond acceptors (Lipinski definition) is 6. The number of urea groups is 1. The molecule has 0 saturated heterocycles. The Hall–Kier alpha value is -5.43. The Labute approximate surface area is 223 Å². The molecule has 0 spiro atoms. The van der Waals surface area contributed by atoms with Gasteiger partial charge in [-0.3, -0.25) is 10.1 Å². The van der Waals surface area contributed by atoms with E-state index in [1.165, 1.54) is 24.4 Å². The second-order valence-corrected chi connectivity index (χ2v) is 8.66. The quantitative estimate of drug-likeness (QED) is 0.321. The van der Waals surface area contributed by atoms with Gasteiger partial charge in [0.05, 0.1) is 30.9 Å². The number of carbonyl (C=O) groups is 2. The van der Waals surface area contributed by atoms with Crippen LogP contribution in [0.3, 0.4) is 0 Å². The molecule has 39 heavy (non-hydrogen) atoms. The number of carbonyl (C=O) groups excluding carboxylic acids is 2. The largest absolute Gasteiger partial charge is 0.497 e. The molecule has 3 aromatic carbocycles. The lowest BCUT2D eigenvalue weighted by Crippen LogP contribution is -2.38. The van der Waals surface area contributed by atoms with Crippen molar-refractivity contribution < 1.29 is 23.5 Å². The molecule has 0 bridgehead atoms. The van der Waals surface area contributed by atoms with Crippen LogP contribution in [0.15, 0.2) is 79.0 Å². The van der Waals surface area contributed by atoms with E-state index < -0.39 is 11.7 Å². The molecular weight excluding hydrogens is 501 g/mol. The summed E-state index contributed by atoms with van der Waals surface area (Å²) >= 11 is 0. The van der Waals surface area contributed by atoms with E-state index >= 15 is 4.39 Å². The summed E-state index contributed by atoms with van der Waals surface area (Å²) in [5.74, 6) is 0.158. The van der Waals surface area contributed by atoms with Crippen LogP contribution < -0.4 is 20.1 Å². The van der Waals surface area contributed by atoms with Gasteiger partial charge in [-0.25, -0.2) is 14.2 Å². The van der Waals surface area contributed by atoms with Crippen molar-refractivity contribution in [2.24, 2.45) is 0 Å². The molecular formula is C29H22FN5O4. The van der Waals surface area contributed by atoms with Gasteiger partial charge in [-0.2, -0.15) is 5.26 Å². The predicted octanol–water partition coefficient (Wildman–Crippen LogP) is 5.69. The summed E-state index contributed by atoms with van der Waals surface area (Å²) in [6.07, 6.45) is 1.47. The van der Waals surface area contributed by atoms with Crippen molar-refractivity contribution in [3.05, 3.63) is 107 Å². The van der Waals surface area contributed by atoms with Crippen LogP contribution in [0.2, 0.25) is 0 Å². The second-order valence-electron chi connectivity index (χ2n) is 8.66. The maximum Gasteiger partial charge on any atom is 0.323 e. The van der Waals surface area contributed by atoms with Crippen LogP contribution in [-0.2, 0) is 13.1 Å². The maximum absolute atomic E-state index is 15.0. The lowest BCUT2D eigenvalue weighted by molar-refractivity contribution is 0.102. The molecule has 10 heteroatoms. The number of halogens is 1. The molecule has 0 saturated carbocycles. The van der Waals surface area contributed by atoms with Gasteiger partial charge in [0.1, 0.15) is 17.3 Å². The van der Waals surface area contributed by atoms with E-state index in [9.17, 15) is 9.59 Å². The smallest absolute Gasteiger partial charge is 0.323 e. The zero-order valence-electron chi connectivity index (χ0n) is 20.8. The lowest BCUT2D eigenvalue weighted by atomic mass is 10.1. The van der Waals surface area contributed by atoms with Gasteiger partial charge in [0, 0.05) is 30.1 Å². The van der Waals surface area contributed by atoms with Crippen molar-refractivity contribution in [1.29, 1.82) is 5.26 Å². The standard InChI is InChI=1S/C29H22FN5O4/c1-38-22-8-5-18(6-9-22)16-35-17-23-25(11-12-32-27(23)34-29(35)37)39-26-10-7-21(14-24(26)30)33-28(36)20-4-2-3-19(13-20)15-31/h2-14H,16-17H2,1H3,(H,33,36)(H,32,34,37). The highest BCUT2D eigenvalue weighted by molar-refractivity contribution is 6.04. The molecule has 0 aliphatic carbocycles. The van der Waals surface area contributed by atoms with Gasteiger partial charge in [0.2, 0.25) is 0 Å². The van der Waals surface area contributed by atoms with Crippen molar-refractivity contribution in [3.8, 4) is 23.3 Å². The van der Waals surface area contributed by atoms with Crippen molar-refractivity contribution in [3.63, 3.8) is 0 Å². The SMILES string of the molecule is COc1ccc(CN2Cc3c(Oc4ccc(NC(=O)c5cccc(C#N)c5)cc4F)ccnc3NC2=O)cc1. The number of amides is 3. The summed E-state index contributed by atoms with van der Waals surface area (Å²) < 4.78 is 26.1. The fourth-order valence-corrected chi connectivity index (χ4v) is 4.07. The summed E-state index contributed by atoms with van der Waals surface area (Å²) in [6, 6.07) is 20.9. The summed E-state index contributed by atoms with van der Waals surface area (Å²) in [5, 5.41) is 14.4. The number of anilines is 2. The third kappa shape index (κ3) is 5.62. The number of nitrogens with one attached hydrogen (secondary N) is 2. The molecule has 0 unspecified atom stereocenters. The molecule has 0 fully saturated rings. The highest BCUT2D eigenvalue weighted by Gasteiger charge is 2.27. The number of methoxy groups -OCH3 is 1. The zero-order valence-corrected chi connectivity index (χ0v) is 20.8. The molecule has 5 rings (SSSR count). The topological polar surface area (TPSA) is 117 Å². The Kier molecular flexibility index (Phi) is 7.05. The van der Waals surface area contributed by atoms with Crippen LogP contribution in [0.5, 0.6) is 17.2 Å². The number of aromatic nitrogens is 1. The highest BCUT2D eigenvalue weighted by atomic mass is 19.1. The van der Waals surface area contributed by atoms with Gasteiger partial charge in [-0.1, -0.05) is 18.2 Å². The summed E-state index contributed by atoms with van der Waals surface area (Å²) in [4.78, 5) is 31.0. The van der Waals surface area contributed by atoms with E-state index in [1.807, 2.05) is 30.3 Å². The minimum atomic E-state index is -0.695.